The third kappa shape index (κ3) is 4.05. The normalized spacial score (nSPS) is 18.8. The Labute approximate surface area is 157 Å². The van der Waals surface area contributed by atoms with E-state index in [1.165, 1.54) is 17.7 Å². The molecule has 1 aliphatic rings. The van der Waals surface area contributed by atoms with Crippen LogP contribution in [-0.2, 0) is 6.42 Å². The standard InChI is InChI=1S/C23H20F2N2/c24-19-13-16(14-20(25)15-19)11-12-21-26-22(17-7-3-1-4-8-17)23(27-21)18-9-5-2-6-10-18/h1-10,13-15,22-23H,11-12H2,(H,26,27). The summed E-state index contributed by atoms with van der Waals surface area (Å²) >= 11 is 0. The van der Waals surface area contributed by atoms with E-state index in [0.717, 1.165) is 17.5 Å². The highest BCUT2D eigenvalue weighted by Crippen LogP contribution is 2.36. The van der Waals surface area contributed by atoms with E-state index in [0.29, 0.717) is 18.4 Å². The van der Waals surface area contributed by atoms with E-state index in [1.807, 2.05) is 36.4 Å². The number of halogens is 2. The molecule has 4 heteroatoms. The van der Waals surface area contributed by atoms with E-state index >= 15 is 0 Å². The molecule has 2 nitrogen and oxygen atoms in total. The summed E-state index contributed by atoms with van der Waals surface area (Å²) in [4.78, 5) is 4.89. The molecule has 4 rings (SSSR count). The second kappa shape index (κ2) is 7.70. The lowest BCUT2D eigenvalue weighted by atomic mass is 9.95. The smallest absolute Gasteiger partial charge is 0.126 e. The van der Waals surface area contributed by atoms with E-state index in [2.05, 4.69) is 29.6 Å². The number of hydrogen-bond donors (Lipinski definition) is 1. The van der Waals surface area contributed by atoms with Crippen molar-refractivity contribution in [2.45, 2.75) is 24.9 Å². The largest absolute Gasteiger partial charge is 0.364 e. The van der Waals surface area contributed by atoms with Gasteiger partial charge < -0.3 is 5.32 Å². The molecule has 0 aliphatic carbocycles. The predicted octanol–water partition coefficient (Wildman–Crippen LogP) is 5.38. The first-order valence-corrected chi connectivity index (χ1v) is 9.07. The second-order valence-corrected chi connectivity index (χ2v) is 6.74. The number of amidine groups is 1. The Balaban J connectivity index is 1.56. The van der Waals surface area contributed by atoms with Crippen LogP contribution in [0.1, 0.15) is 35.2 Å². The molecular weight excluding hydrogens is 342 g/mol. The number of hydrogen-bond acceptors (Lipinski definition) is 2. The zero-order chi connectivity index (χ0) is 18.6. The Morgan fingerprint density at radius 3 is 1.96 bits per heavy atom. The number of nitrogens with zero attached hydrogens (tertiary/aromatic N) is 1. The van der Waals surface area contributed by atoms with E-state index in [1.54, 1.807) is 0 Å². The van der Waals surface area contributed by atoms with E-state index in [4.69, 9.17) is 4.99 Å². The Hall–Kier alpha value is -3.01. The number of nitrogens with one attached hydrogen (secondary N) is 1. The average molecular weight is 362 g/mol. The highest BCUT2D eigenvalue weighted by molar-refractivity contribution is 5.85. The van der Waals surface area contributed by atoms with Crippen molar-refractivity contribution in [3.05, 3.63) is 107 Å². The van der Waals surface area contributed by atoms with Crippen LogP contribution in [0.3, 0.4) is 0 Å². The molecule has 2 unspecified atom stereocenters. The zero-order valence-electron chi connectivity index (χ0n) is 14.8. The Morgan fingerprint density at radius 1 is 0.741 bits per heavy atom. The minimum Gasteiger partial charge on any atom is -0.364 e. The molecule has 1 heterocycles. The Morgan fingerprint density at radius 2 is 1.33 bits per heavy atom. The summed E-state index contributed by atoms with van der Waals surface area (Å²) in [6.45, 7) is 0. The third-order valence-corrected chi connectivity index (χ3v) is 4.81. The summed E-state index contributed by atoms with van der Waals surface area (Å²) in [5.74, 6) is -0.228. The first-order valence-electron chi connectivity index (χ1n) is 9.07. The van der Waals surface area contributed by atoms with Crippen LogP contribution in [0.25, 0.3) is 0 Å². The highest BCUT2D eigenvalue weighted by atomic mass is 19.1. The quantitative estimate of drug-likeness (QED) is 0.647. The molecule has 0 spiro atoms. The van der Waals surface area contributed by atoms with Crippen molar-refractivity contribution in [3.63, 3.8) is 0 Å². The van der Waals surface area contributed by atoms with E-state index in [9.17, 15) is 8.78 Å². The van der Waals surface area contributed by atoms with Gasteiger partial charge in [0.1, 0.15) is 17.7 Å². The van der Waals surface area contributed by atoms with Crippen LogP contribution in [-0.4, -0.2) is 5.84 Å². The summed E-state index contributed by atoms with van der Waals surface area (Å²) in [5.41, 5.74) is 2.95. The maximum Gasteiger partial charge on any atom is 0.126 e. The molecule has 0 saturated carbocycles. The van der Waals surface area contributed by atoms with Gasteiger partial charge in [0.2, 0.25) is 0 Å². The minimum absolute atomic E-state index is 0.0205. The maximum atomic E-state index is 13.4. The van der Waals surface area contributed by atoms with Gasteiger partial charge in [-0.1, -0.05) is 60.7 Å². The number of aliphatic imine (C=N–C) groups is 1. The van der Waals surface area contributed by atoms with E-state index < -0.39 is 11.6 Å². The minimum atomic E-state index is -0.546. The predicted molar refractivity (Wildman–Crippen MR) is 104 cm³/mol. The summed E-state index contributed by atoms with van der Waals surface area (Å²) in [7, 11) is 0. The number of aryl methyl sites for hydroxylation is 1. The van der Waals surface area contributed by atoms with Crippen molar-refractivity contribution < 1.29 is 8.78 Å². The molecule has 2 atom stereocenters. The van der Waals surface area contributed by atoms with Gasteiger partial charge in [0.25, 0.3) is 0 Å². The van der Waals surface area contributed by atoms with Crippen LogP contribution in [0.2, 0.25) is 0 Å². The average Bonchev–Trinajstić information content (AvgIpc) is 3.11. The van der Waals surface area contributed by atoms with Crippen LogP contribution in [0.4, 0.5) is 8.78 Å². The van der Waals surface area contributed by atoms with Crippen LogP contribution in [0.5, 0.6) is 0 Å². The fourth-order valence-corrected chi connectivity index (χ4v) is 3.54. The molecule has 27 heavy (non-hydrogen) atoms. The van der Waals surface area contributed by atoms with Crippen LogP contribution in [0, 0.1) is 11.6 Å². The van der Waals surface area contributed by atoms with Gasteiger partial charge in [-0.15, -0.1) is 0 Å². The lowest BCUT2D eigenvalue weighted by molar-refractivity contribution is 0.571. The van der Waals surface area contributed by atoms with Gasteiger partial charge >= 0.3 is 0 Å². The molecule has 3 aromatic rings. The van der Waals surface area contributed by atoms with Crippen molar-refractivity contribution in [1.29, 1.82) is 0 Å². The Bertz CT molecular complexity index is 919. The van der Waals surface area contributed by atoms with Crippen LogP contribution < -0.4 is 5.32 Å². The fraction of sp³-hybridized carbons (Fsp3) is 0.174. The molecule has 0 amide bonds. The van der Waals surface area contributed by atoms with Gasteiger partial charge in [0, 0.05) is 12.5 Å². The maximum absolute atomic E-state index is 13.4. The fourth-order valence-electron chi connectivity index (χ4n) is 3.54. The molecule has 0 fully saturated rings. The highest BCUT2D eigenvalue weighted by Gasteiger charge is 2.30. The van der Waals surface area contributed by atoms with E-state index in [-0.39, 0.29) is 12.1 Å². The van der Waals surface area contributed by atoms with Gasteiger partial charge in [-0.3, -0.25) is 4.99 Å². The molecule has 1 aliphatic heterocycles. The van der Waals surface area contributed by atoms with Gasteiger partial charge in [-0.25, -0.2) is 8.78 Å². The molecule has 0 bridgehead atoms. The van der Waals surface area contributed by atoms with Gasteiger partial charge in [-0.2, -0.15) is 0 Å². The lowest BCUT2D eigenvalue weighted by Gasteiger charge is -2.19. The van der Waals surface area contributed by atoms with Crippen molar-refractivity contribution in [1.82, 2.24) is 5.32 Å². The SMILES string of the molecule is Fc1cc(F)cc(CCC2=NC(c3ccccc3)C(c3ccccc3)N2)c1. The van der Waals surface area contributed by atoms with Crippen LogP contribution in [0.15, 0.2) is 83.9 Å². The summed E-state index contributed by atoms with van der Waals surface area (Å²) < 4.78 is 26.8. The summed E-state index contributed by atoms with van der Waals surface area (Å²) in [6.07, 6.45) is 1.14. The van der Waals surface area contributed by atoms with Gasteiger partial charge in [0.15, 0.2) is 0 Å². The van der Waals surface area contributed by atoms with Crippen molar-refractivity contribution >= 4 is 5.84 Å². The molecular formula is C23H20F2N2. The summed E-state index contributed by atoms with van der Waals surface area (Å²) in [5, 5.41) is 3.52. The molecule has 0 radical (unpaired) electrons. The topological polar surface area (TPSA) is 24.4 Å². The first-order chi connectivity index (χ1) is 13.2. The molecule has 136 valence electrons. The van der Waals surface area contributed by atoms with Gasteiger partial charge in [0.05, 0.1) is 11.9 Å². The molecule has 1 N–H and O–H groups in total. The monoisotopic (exact) mass is 362 g/mol. The number of benzene rings is 3. The Kier molecular flexibility index (Phi) is 4.97. The number of rotatable bonds is 5. The first kappa shape index (κ1) is 17.4. The molecule has 0 saturated heterocycles. The van der Waals surface area contributed by atoms with Gasteiger partial charge in [-0.05, 0) is 35.2 Å². The zero-order valence-corrected chi connectivity index (χ0v) is 14.8. The third-order valence-electron chi connectivity index (χ3n) is 4.81. The second-order valence-electron chi connectivity index (χ2n) is 6.74. The summed E-state index contributed by atoms with van der Waals surface area (Å²) in [6, 6.07) is 24.1. The van der Waals surface area contributed by atoms with Crippen molar-refractivity contribution in [3.8, 4) is 0 Å². The lowest BCUT2D eigenvalue weighted by Crippen LogP contribution is -2.24. The molecule has 0 aromatic heterocycles. The van der Waals surface area contributed by atoms with Crippen molar-refractivity contribution in [2.75, 3.05) is 0 Å². The molecule has 3 aromatic carbocycles. The van der Waals surface area contributed by atoms with Crippen molar-refractivity contribution in [2.24, 2.45) is 4.99 Å². The van der Waals surface area contributed by atoms with Crippen LogP contribution >= 0.6 is 0 Å².